The molecule has 2 saturated heterocycles. The van der Waals surface area contributed by atoms with Gasteiger partial charge in [-0.2, -0.15) is 0 Å². The number of nitrogens with zero attached hydrogens (tertiary/aromatic N) is 4. The van der Waals surface area contributed by atoms with Crippen molar-refractivity contribution < 1.29 is 0 Å². The number of pyridine rings is 1. The van der Waals surface area contributed by atoms with Gasteiger partial charge in [0, 0.05) is 45.1 Å². The molecule has 4 rings (SSSR count). The fraction of sp³-hybridized carbons (Fsp3) is 0.533. The summed E-state index contributed by atoms with van der Waals surface area (Å²) in [6, 6.07) is 6.16. The Bertz CT molecular complexity index is 544. The third kappa shape index (κ3) is 2.05. The Kier molecular flexibility index (Phi) is 2.60. The van der Waals surface area contributed by atoms with Crippen LogP contribution in [0.3, 0.4) is 0 Å². The van der Waals surface area contributed by atoms with Crippen molar-refractivity contribution in [1.29, 1.82) is 0 Å². The zero-order chi connectivity index (χ0) is 12.8. The SMILES string of the molecule is CN1CC2CN(Cc3cn4ccccc4n3)CC2C1. The van der Waals surface area contributed by atoms with Crippen molar-refractivity contribution in [2.75, 3.05) is 33.2 Å². The van der Waals surface area contributed by atoms with Crippen LogP contribution in [-0.2, 0) is 6.54 Å². The molecule has 2 aliphatic heterocycles. The van der Waals surface area contributed by atoms with Crippen LogP contribution in [0.25, 0.3) is 5.65 Å². The van der Waals surface area contributed by atoms with Crippen LogP contribution in [-0.4, -0.2) is 52.4 Å². The second kappa shape index (κ2) is 4.32. The molecule has 19 heavy (non-hydrogen) atoms. The van der Waals surface area contributed by atoms with Crippen molar-refractivity contribution in [3.63, 3.8) is 0 Å². The molecule has 4 heterocycles. The fourth-order valence-electron chi connectivity index (χ4n) is 3.75. The molecule has 2 aliphatic rings. The number of hydrogen-bond donors (Lipinski definition) is 0. The number of fused-ring (bicyclic) bond motifs is 2. The quantitative estimate of drug-likeness (QED) is 0.810. The maximum Gasteiger partial charge on any atom is 0.137 e. The van der Waals surface area contributed by atoms with E-state index in [2.05, 4.69) is 45.8 Å². The van der Waals surface area contributed by atoms with Crippen LogP contribution in [0.4, 0.5) is 0 Å². The molecule has 0 amide bonds. The highest BCUT2D eigenvalue weighted by Gasteiger charge is 2.38. The lowest BCUT2D eigenvalue weighted by molar-refractivity contribution is 0.270. The molecular formula is C15H20N4. The van der Waals surface area contributed by atoms with Gasteiger partial charge in [-0.05, 0) is 31.0 Å². The highest BCUT2D eigenvalue weighted by molar-refractivity contribution is 5.39. The fourth-order valence-corrected chi connectivity index (χ4v) is 3.75. The Balaban J connectivity index is 1.48. The van der Waals surface area contributed by atoms with E-state index in [1.165, 1.54) is 31.9 Å². The monoisotopic (exact) mass is 256 g/mol. The largest absolute Gasteiger partial charge is 0.307 e. The third-order valence-electron chi connectivity index (χ3n) is 4.54. The summed E-state index contributed by atoms with van der Waals surface area (Å²) < 4.78 is 2.11. The van der Waals surface area contributed by atoms with Gasteiger partial charge >= 0.3 is 0 Å². The van der Waals surface area contributed by atoms with Crippen LogP contribution in [0, 0.1) is 11.8 Å². The molecule has 0 bridgehead atoms. The predicted octanol–water partition coefficient (Wildman–Crippen LogP) is 1.33. The second-order valence-electron chi connectivity index (χ2n) is 6.13. The summed E-state index contributed by atoms with van der Waals surface area (Å²) in [5, 5.41) is 0. The smallest absolute Gasteiger partial charge is 0.137 e. The van der Waals surface area contributed by atoms with E-state index in [0.717, 1.165) is 24.0 Å². The summed E-state index contributed by atoms with van der Waals surface area (Å²) in [6.45, 7) is 6.02. The molecule has 2 aromatic heterocycles. The van der Waals surface area contributed by atoms with Gasteiger partial charge < -0.3 is 9.30 Å². The Labute approximate surface area is 113 Å². The van der Waals surface area contributed by atoms with Gasteiger partial charge in [0.2, 0.25) is 0 Å². The summed E-state index contributed by atoms with van der Waals surface area (Å²) in [6.07, 6.45) is 4.23. The van der Waals surface area contributed by atoms with Crippen molar-refractivity contribution in [2.45, 2.75) is 6.54 Å². The maximum absolute atomic E-state index is 4.70. The number of hydrogen-bond acceptors (Lipinski definition) is 3. The minimum Gasteiger partial charge on any atom is -0.307 e. The Morgan fingerprint density at radius 1 is 1.16 bits per heavy atom. The first-order chi connectivity index (χ1) is 9.28. The first-order valence-electron chi connectivity index (χ1n) is 7.11. The van der Waals surface area contributed by atoms with E-state index >= 15 is 0 Å². The van der Waals surface area contributed by atoms with E-state index in [-0.39, 0.29) is 0 Å². The van der Waals surface area contributed by atoms with Gasteiger partial charge in [-0.25, -0.2) is 4.98 Å². The molecule has 0 spiro atoms. The third-order valence-corrected chi connectivity index (χ3v) is 4.54. The maximum atomic E-state index is 4.70. The van der Waals surface area contributed by atoms with Crippen molar-refractivity contribution in [3.8, 4) is 0 Å². The van der Waals surface area contributed by atoms with Gasteiger partial charge in [0.1, 0.15) is 5.65 Å². The molecular weight excluding hydrogens is 236 g/mol. The number of likely N-dealkylation sites (tertiary alicyclic amines) is 2. The van der Waals surface area contributed by atoms with Gasteiger partial charge in [-0.3, -0.25) is 4.90 Å². The van der Waals surface area contributed by atoms with Crippen LogP contribution in [0.5, 0.6) is 0 Å². The molecule has 2 atom stereocenters. The molecule has 100 valence electrons. The van der Waals surface area contributed by atoms with Crippen LogP contribution in [0.1, 0.15) is 5.69 Å². The van der Waals surface area contributed by atoms with Crippen molar-refractivity contribution in [3.05, 3.63) is 36.3 Å². The predicted molar refractivity (Wildman–Crippen MR) is 74.9 cm³/mol. The molecule has 4 heteroatoms. The van der Waals surface area contributed by atoms with Gasteiger partial charge in [-0.15, -0.1) is 0 Å². The van der Waals surface area contributed by atoms with Crippen LogP contribution >= 0.6 is 0 Å². The topological polar surface area (TPSA) is 23.8 Å². The average molecular weight is 256 g/mol. The molecule has 2 fully saturated rings. The number of aromatic nitrogens is 2. The van der Waals surface area contributed by atoms with E-state index in [4.69, 9.17) is 4.98 Å². The zero-order valence-electron chi connectivity index (χ0n) is 11.4. The van der Waals surface area contributed by atoms with Crippen molar-refractivity contribution in [2.24, 2.45) is 11.8 Å². The molecule has 0 radical (unpaired) electrons. The van der Waals surface area contributed by atoms with Gasteiger partial charge in [-0.1, -0.05) is 6.07 Å². The lowest BCUT2D eigenvalue weighted by Gasteiger charge is -2.17. The molecule has 2 unspecified atom stereocenters. The average Bonchev–Trinajstić information content (AvgIpc) is 3.00. The van der Waals surface area contributed by atoms with E-state index in [1.54, 1.807) is 0 Å². The lowest BCUT2D eigenvalue weighted by atomic mass is 10.0. The molecule has 0 aromatic carbocycles. The first-order valence-corrected chi connectivity index (χ1v) is 7.11. The molecule has 2 aromatic rings. The summed E-state index contributed by atoms with van der Waals surface area (Å²) in [5.74, 6) is 1.75. The summed E-state index contributed by atoms with van der Waals surface area (Å²) in [7, 11) is 2.24. The lowest BCUT2D eigenvalue weighted by Crippen LogP contribution is -2.26. The first kappa shape index (κ1) is 11.4. The van der Waals surface area contributed by atoms with E-state index in [1.807, 2.05) is 6.07 Å². The molecule has 4 nitrogen and oxygen atoms in total. The summed E-state index contributed by atoms with van der Waals surface area (Å²) >= 11 is 0. The van der Waals surface area contributed by atoms with Gasteiger partial charge in [0.15, 0.2) is 0 Å². The minimum absolute atomic E-state index is 0.877. The van der Waals surface area contributed by atoms with Crippen LogP contribution < -0.4 is 0 Å². The van der Waals surface area contributed by atoms with Crippen LogP contribution in [0.15, 0.2) is 30.6 Å². The normalized spacial score (nSPS) is 28.3. The molecule has 0 aliphatic carbocycles. The Hall–Kier alpha value is -1.39. The second-order valence-corrected chi connectivity index (χ2v) is 6.13. The summed E-state index contributed by atoms with van der Waals surface area (Å²) in [4.78, 5) is 9.74. The van der Waals surface area contributed by atoms with Crippen LogP contribution in [0.2, 0.25) is 0 Å². The van der Waals surface area contributed by atoms with E-state index < -0.39 is 0 Å². The molecule has 0 N–H and O–H groups in total. The Morgan fingerprint density at radius 3 is 2.68 bits per heavy atom. The van der Waals surface area contributed by atoms with E-state index in [0.29, 0.717) is 0 Å². The van der Waals surface area contributed by atoms with E-state index in [9.17, 15) is 0 Å². The Morgan fingerprint density at radius 2 is 1.95 bits per heavy atom. The standard InChI is InChI=1S/C15H20N4/c1-17-6-12-8-18(9-13(12)7-17)10-14-11-19-5-3-2-4-15(19)16-14/h2-5,11-13H,6-10H2,1H3. The molecule has 0 saturated carbocycles. The van der Waals surface area contributed by atoms with Gasteiger partial charge in [0.05, 0.1) is 5.69 Å². The highest BCUT2D eigenvalue weighted by atomic mass is 15.2. The minimum atomic E-state index is 0.877. The number of imidazole rings is 1. The highest BCUT2D eigenvalue weighted by Crippen LogP contribution is 2.30. The van der Waals surface area contributed by atoms with Crippen molar-refractivity contribution >= 4 is 5.65 Å². The zero-order valence-corrected chi connectivity index (χ0v) is 11.4. The summed E-state index contributed by atoms with van der Waals surface area (Å²) in [5.41, 5.74) is 2.25. The van der Waals surface area contributed by atoms with Crippen molar-refractivity contribution in [1.82, 2.24) is 19.2 Å². The van der Waals surface area contributed by atoms with Gasteiger partial charge in [0.25, 0.3) is 0 Å². The number of rotatable bonds is 2.